The molecule has 3 nitrogen and oxygen atoms in total. The molecule has 0 spiro atoms. The summed E-state index contributed by atoms with van der Waals surface area (Å²) in [6.45, 7) is 6.79. The third-order valence-corrected chi connectivity index (χ3v) is 10.7. The van der Waals surface area contributed by atoms with Crippen molar-refractivity contribution in [1.29, 1.82) is 0 Å². The minimum Gasteiger partial charge on any atom is -0.454 e. The molecule has 0 atom stereocenters. The standard InChI is InChI=1S/C50H38N2O/c1-50(2,3)36-23-27-38(28-24-36)52-44-19-11-9-17-41(44)43-32-39(29-30-45(43)52)51(37-25-21-34(22-26-37)33-13-5-4-6-14-33)46-31-35-15-7-8-16-40(35)48-42-18-10-12-20-47(42)53-49(46)48/h4-32H,1-3H3. The summed E-state index contributed by atoms with van der Waals surface area (Å²) in [5.41, 5.74) is 12.2. The maximum atomic E-state index is 6.82. The van der Waals surface area contributed by atoms with Gasteiger partial charge in [0.15, 0.2) is 5.58 Å². The summed E-state index contributed by atoms with van der Waals surface area (Å²) in [6, 6.07) is 63.5. The molecule has 0 aliphatic heterocycles. The number of hydrogen-bond acceptors (Lipinski definition) is 2. The lowest BCUT2D eigenvalue weighted by Gasteiger charge is -2.26. The average molecular weight is 683 g/mol. The van der Waals surface area contributed by atoms with Crippen LogP contribution in [-0.4, -0.2) is 4.57 Å². The van der Waals surface area contributed by atoms with Gasteiger partial charge in [-0.1, -0.05) is 136 Å². The molecule has 2 aromatic heterocycles. The average Bonchev–Trinajstić information content (AvgIpc) is 3.75. The van der Waals surface area contributed by atoms with Crippen LogP contribution in [0.3, 0.4) is 0 Å². The predicted molar refractivity (Wildman–Crippen MR) is 224 cm³/mol. The fourth-order valence-corrected chi connectivity index (χ4v) is 8.07. The van der Waals surface area contributed by atoms with Crippen LogP contribution in [0.4, 0.5) is 17.1 Å². The van der Waals surface area contributed by atoms with E-state index >= 15 is 0 Å². The van der Waals surface area contributed by atoms with Gasteiger partial charge in [-0.25, -0.2) is 0 Å². The molecule has 3 heteroatoms. The van der Waals surface area contributed by atoms with Crippen molar-refractivity contribution in [3.8, 4) is 16.8 Å². The Hall–Kier alpha value is -6.58. The Kier molecular flexibility index (Phi) is 7.06. The van der Waals surface area contributed by atoms with Crippen LogP contribution in [0.25, 0.3) is 71.3 Å². The van der Waals surface area contributed by atoms with E-state index in [0.717, 1.165) is 44.7 Å². The molecule has 0 amide bonds. The van der Waals surface area contributed by atoms with Gasteiger partial charge in [0.05, 0.1) is 16.7 Å². The molecule has 0 aliphatic carbocycles. The molecule has 2 heterocycles. The van der Waals surface area contributed by atoms with E-state index in [9.17, 15) is 0 Å². The minimum absolute atomic E-state index is 0.0883. The van der Waals surface area contributed by atoms with Gasteiger partial charge in [0.25, 0.3) is 0 Å². The van der Waals surface area contributed by atoms with Crippen LogP contribution in [0.5, 0.6) is 0 Å². The molecule has 53 heavy (non-hydrogen) atoms. The quantitative estimate of drug-likeness (QED) is 0.180. The summed E-state index contributed by atoms with van der Waals surface area (Å²) >= 11 is 0. The highest BCUT2D eigenvalue weighted by Crippen LogP contribution is 2.47. The van der Waals surface area contributed by atoms with Gasteiger partial charge in [-0.05, 0) is 93.5 Å². The number of benzene rings is 8. The molecule has 0 N–H and O–H groups in total. The Balaban J connectivity index is 1.23. The second-order valence-corrected chi connectivity index (χ2v) is 15.0. The highest BCUT2D eigenvalue weighted by Gasteiger charge is 2.23. The van der Waals surface area contributed by atoms with E-state index < -0.39 is 0 Å². The lowest BCUT2D eigenvalue weighted by atomic mass is 9.87. The first-order valence-electron chi connectivity index (χ1n) is 18.4. The normalized spacial score (nSPS) is 12.1. The van der Waals surface area contributed by atoms with Crippen molar-refractivity contribution in [2.75, 3.05) is 4.90 Å². The van der Waals surface area contributed by atoms with E-state index in [-0.39, 0.29) is 5.41 Å². The van der Waals surface area contributed by atoms with Crippen LogP contribution >= 0.6 is 0 Å². The maximum absolute atomic E-state index is 6.82. The number of aromatic nitrogens is 1. The number of fused-ring (bicyclic) bond motifs is 8. The van der Waals surface area contributed by atoms with Gasteiger partial charge in [-0.2, -0.15) is 0 Å². The Labute approximate surface area is 309 Å². The van der Waals surface area contributed by atoms with Gasteiger partial charge >= 0.3 is 0 Å². The fraction of sp³-hybridized carbons (Fsp3) is 0.0800. The van der Waals surface area contributed by atoms with E-state index in [1.807, 2.05) is 6.07 Å². The Bertz CT molecular complexity index is 2960. The van der Waals surface area contributed by atoms with Crippen molar-refractivity contribution in [3.63, 3.8) is 0 Å². The minimum atomic E-state index is 0.0883. The molecular weight excluding hydrogens is 645 g/mol. The molecule has 254 valence electrons. The van der Waals surface area contributed by atoms with Gasteiger partial charge in [-0.3, -0.25) is 0 Å². The first kappa shape index (κ1) is 31.2. The first-order chi connectivity index (χ1) is 25.9. The first-order valence-corrected chi connectivity index (χ1v) is 18.4. The van der Waals surface area contributed by atoms with Gasteiger partial charge < -0.3 is 13.9 Å². The van der Waals surface area contributed by atoms with Crippen molar-refractivity contribution in [1.82, 2.24) is 4.57 Å². The molecule has 10 aromatic rings. The summed E-state index contributed by atoms with van der Waals surface area (Å²) in [5, 5.41) is 7.03. The lowest BCUT2D eigenvalue weighted by Crippen LogP contribution is -2.11. The third-order valence-electron chi connectivity index (χ3n) is 10.7. The lowest BCUT2D eigenvalue weighted by molar-refractivity contribution is 0.590. The van der Waals surface area contributed by atoms with Gasteiger partial charge in [-0.15, -0.1) is 0 Å². The summed E-state index contributed by atoms with van der Waals surface area (Å²) in [7, 11) is 0. The smallest absolute Gasteiger partial charge is 0.160 e. The van der Waals surface area contributed by atoms with E-state index in [1.54, 1.807) is 0 Å². The van der Waals surface area contributed by atoms with Crippen molar-refractivity contribution < 1.29 is 4.42 Å². The second kappa shape index (κ2) is 12.0. The zero-order valence-corrected chi connectivity index (χ0v) is 30.0. The number of rotatable bonds is 5. The number of nitrogens with zero attached hydrogens (tertiary/aromatic N) is 2. The summed E-state index contributed by atoms with van der Waals surface area (Å²) in [5.74, 6) is 0. The zero-order chi connectivity index (χ0) is 35.7. The van der Waals surface area contributed by atoms with Crippen LogP contribution in [0.15, 0.2) is 180 Å². The Morgan fingerprint density at radius 2 is 1.11 bits per heavy atom. The molecule has 0 fully saturated rings. The number of anilines is 3. The number of furan rings is 1. The fourth-order valence-electron chi connectivity index (χ4n) is 8.07. The van der Waals surface area contributed by atoms with Crippen LogP contribution in [-0.2, 0) is 5.41 Å². The Morgan fingerprint density at radius 1 is 0.491 bits per heavy atom. The van der Waals surface area contributed by atoms with Crippen molar-refractivity contribution >= 4 is 71.6 Å². The summed E-state index contributed by atoms with van der Waals surface area (Å²) in [6.07, 6.45) is 0. The molecule has 10 rings (SSSR count). The van der Waals surface area contributed by atoms with E-state index in [4.69, 9.17) is 4.42 Å². The van der Waals surface area contributed by atoms with Crippen LogP contribution in [0.1, 0.15) is 26.3 Å². The number of para-hydroxylation sites is 2. The third kappa shape index (κ3) is 5.11. The van der Waals surface area contributed by atoms with Crippen LogP contribution in [0, 0.1) is 0 Å². The molecule has 0 saturated heterocycles. The molecule has 0 aliphatic rings. The van der Waals surface area contributed by atoms with E-state index in [1.165, 1.54) is 49.3 Å². The second-order valence-electron chi connectivity index (χ2n) is 15.0. The molecule has 8 aromatic carbocycles. The zero-order valence-electron chi connectivity index (χ0n) is 30.0. The van der Waals surface area contributed by atoms with Gasteiger partial charge in [0, 0.05) is 38.6 Å². The number of hydrogen-bond donors (Lipinski definition) is 0. The van der Waals surface area contributed by atoms with Crippen molar-refractivity contribution in [2.24, 2.45) is 0 Å². The van der Waals surface area contributed by atoms with Crippen molar-refractivity contribution in [3.05, 3.63) is 181 Å². The highest BCUT2D eigenvalue weighted by atomic mass is 16.3. The molecule has 0 saturated carbocycles. The largest absolute Gasteiger partial charge is 0.454 e. The maximum Gasteiger partial charge on any atom is 0.160 e. The summed E-state index contributed by atoms with van der Waals surface area (Å²) < 4.78 is 9.21. The highest BCUT2D eigenvalue weighted by molar-refractivity contribution is 6.23. The summed E-state index contributed by atoms with van der Waals surface area (Å²) in [4.78, 5) is 2.37. The van der Waals surface area contributed by atoms with Crippen LogP contribution in [0.2, 0.25) is 0 Å². The topological polar surface area (TPSA) is 21.3 Å². The predicted octanol–water partition coefficient (Wildman–Crippen LogP) is 14.3. The van der Waals surface area contributed by atoms with Gasteiger partial charge in [0.2, 0.25) is 0 Å². The van der Waals surface area contributed by atoms with E-state index in [0.29, 0.717) is 0 Å². The molecule has 0 unspecified atom stereocenters. The Morgan fingerprint density at radius 3 is 1.89 bits per heavy atom. The van der Waals surface area contributed by atoms with Gasteiger partial charge in [0.1, 0.15) is 5.58 Å². The van der Waals surface area contributed by atoms with Crippen molar-refractivity contribution in [2.45, 2.75) is 26.2 Å². The molecule has 0 bridgehead atoms. The molecular formula is C50H38N2O. The van der Waals surface area contributed by atoms with Crippen LogP contribution < -0.4 is 4.90 Å². The van der Waals surface area contributed by atoms with E-state index in [2.05, 4.69) is 200 Å². The monoisotopic (exact) mass is 682 g/mol. The SMILES string of the molecule is CC(C)(C)c1ccc(-n2c3ccccc3c3cc(N(c4ccc(-c5ccccc5)cc4)c4cc5ccccc5c5c4oc4ccccc45)ccc32)cc1. The molecule has 0 radical (unpaired) electrons.